The van der Waals surface area contributed by atoms with Crippen LogP contribution in [0.3, 0.4) is 0 Å². The number of thiazole rings is 1. The fraction of sp³-hybridized carbons (Fsp3) is 0.167. The van der Waals surface area contributed by atoms with Crippen molar-refractivity contribution < 1.29 is 4.74 Å². The van der Waals surface area contributed by atoms with Crippen LogP contribution in [-0.2, 0) is 0 Å². The SMILES string of the molecule is COc1cccc(NC(C#N)c2nccs2)c1. The number of anilines is 1. The number of hydrogen-bond donors (Lipinski definition) is 1. The lowest BCUT2D eigenvalue weighted by atomic mass is 10.2. The van der Waals surface area contributed by atoms with E-state index >= 15 is 0 Å². The normalized spacial score (nSPS) is 11.5. The Bertz CT molecular complexity index is 519. The number of nitrogens with zero attached hydrogens (tertiary/aromatic N) is 2. The Balaban J connectivity index is 2.16. The van der Waals surface area contributed by atoms with E-state index in [4.69, 9.17) is 10.00 Å². The third kappa shape index (κ3) is 2.74. The molecule has 1 atom stereocenters. The van der Waals surface area contributed by atoms with Crippen molar-refractivity contribution in [3.63, 3.8) is 0 Å². The van der Waals surface area contributed by atoms with Gasteiger partial charge in [-0.15, -0.1) is 11.3 Å². The van der Waals surface area contributed by atoms with Crippen molar-refractivity contribution in [1.29, 1.82) is 5.26 Å². The van der Waals surface area contributed by atoms with Crippen LogP contribution in [0.15, 0.2) is 35.8 Å². The summed E-state index contributed by atoms with van der Waals surface area (Å²) in [7, 11) is 1.61. The Labute approximate surface area is 103 Å². The third-order valence-electron chi connectivity index (χ3n) is 2.21. The van der Waals surface area contributed by atoms with E-state index in [1.165, 1.54) is 11.3 Å². The number of methoxy groups -OCH3 is 1. The number of aromatic nitrogens is 1. The van der Waals surface area contributed by atoms with Gasteiger partial charge < -0.3 is 10.1 Å². The summed E-state index contributed by atoms with van der Waals surface area (Å²) in [6.45, 7) is 0. The van der Waals surface area contributed by atoms with Crippen LogP contribution in [0.1, 0.15) is 11.0 Å². The number of nitrogens with one attached hydrogen (secondary N) is 1. The van der Waals surface area contributed by atoms with Gasteiger partial charge in [-0.2, -0.15) is 5.26 Å². The second kappa shape index (κ2) is 5.32. The van der Waals surface area contributed by atoms with Gasteiger partial charge in [-0.3, -0.25) is 0 Å². The highest BCUT2D eigenvalue weighted by atomic mass is 32.1. The summed E-state index contributed by atoms with van der Waals surface area (Å²) >= 11 is 1.46. The van der Waals surface area contributed by atoms with Crippen LogP contribution < -0.4 is 10.1 Å². The Hall–Kier alpha value is -2.06. The molecule has 0 bridgehead atoms. The van der Waals surface area contributed by atoms with E-state index in [1.54, 1.807) is 13.3 Å². The summed E-state index contributed by atoms with van der Waals surface area (Å²) in [6, 6.07) is 9.22. The van der Waals surface area contributed by atoms with E-state index in [2.05, 4.69) is 16.4 Å². The zero-order valence-electron chi connectivity index (χ0n) is 9.25. The lowest BCUT2D eigenvalue weighted by molar-refractivity contribution is 0.415. The number of hydrogen-bond acceptors (Lipinski definition) is 5. The summed E-state index contributed by atoms with van der Waals surface area (Å²) in [5.74, 6) is 0.755. The van der Waals surface area contributed by atoms with Gasteiger partial charge in [-0.05, 0) is 12.1 Å². The van der Waals surface area contributed by atoms with Gasteiger partial charge in [0.05, 0.1) is 13.2 Å². The molecular formula is C12H11N3OS. The molecule has 0 saturated carbocycles. The van der Waals surface area contributed by atoms with Crippen LogP contribution >= 0.6 is 11.3 Å². The van der Waals surface area contributed by atoms with E-state index in [0.29, 0.717) is 0 Å². The molecule has 1 N–H and O–H groups in total. The molecule has 0 fully saturated rings. The summed E-state index contributed by atoms with van der Waals surface area (Å²) in [6.07, 6.45) is 1.69. The molecule has 0 radical (unpaired) electrons. The van der Waals surface area contributed by atoms with E-state index < -0.39 is 6.04 Å². The molecule has 1 heterocycles. The summed E-state index contributed by atoms with van der Waals surface area (Å²) < 4.78 is 5.12. The van der Waals surface area contributed by atoms with Crippen LogP contribution in [-0.4, -0.2) is 12.1 Å². The van der Waals surface area contributed by atoms with Crippen molar-refractivity contribution in [2.75, 3.05) is 12.4 Å². The number of rotatable bonds is 4. The van der Waals surface area contributed by atoms with Gasteiger partial charge in [0.1, 0.15) is 10.8 Å². The average Bonchev–Trinajstić information content (AvgIpc) is 2.90. The van der Waals surface area contributed by atoms with Crippen molar-refractivity contribution in [3.8, 4) is 11.8 Å². The number of ether oxygens (including phenoxy) is 1. The van der Waals surface area contributed by atoms with Gasteiger partial charge in [-0.25, -0.2) is 4.98 Å². The molecule has 2 aromatic rings. The zero-order valence-corrected chi connectivity index (χ0v) is 10.1. The van der Waals surface area contributed by atoms with Crippen LogP contribution in [0.5, 0.6) is 5.75 Å². The van der Waals surface area contributed by atoms with Crippen LogP contribution in [0.4, 0.5) is 5.69 Å². The highest BCUT2D eigenvalue weighted by molar-refractivity contribution is 7.09. The molecule has 0 aliphatic heterocycles. The van der Waals surface area contributed by atoms with Crippen LogP contribution in [0, 0.1) is 11.3 Å². The molecule has 17 heavy (non-hydrogen) atoms. The maximum Gasteiger partial charge on any atom is 0.166 e. The quantitative estimate of drug-likeness (QED) is 0.899. The number of benzene rings is 1. The van der Waals surface area contributed by atoms with Gasteiger partial charge in [0.25, 0.3) is 0 Å². The van der Waals surface area contributed by atoms with E-state index in [0.717, 1.165) is 16.4 Å². The minimum Gasteiger partial charge on any atom is -0.497 e. The largest absolute Gasteiger partial charge is 0.497 e. The second-order valence-electron chi connectivity index (χ2n) is 3.31. The molecule has 0 aliphatic rings. The molecule has 4 nitrogen and oxygen atoms in total. The molecule has 0 spiro atoms. The van der Waals surface area contributed by atoms with E-state index in [-0.39, 0.29) is 0 Å². The van der Waals surface area contributed by atoms with Gasteiger partial charge in [0.2, 0.25) is 0 Å². The first-order chi connectivity index (χ1) is 8.33. The maximum atomic E-state index is 9.11. The van der Waals surface area contributed by atoms with E-state index in [9.17, 15) is 0 Å². The maximum absolute atomic E-state index is 9.11. The minimum atomic E-state index is -0.429. The Morgan fingerprint density at radius 1 is 1.53 bits per heavy atom. The van der Waals surface area contributed by atoms with Crippen LogP contribution in [0.2, 0.25) is 0 Å². The molecular weight excluding hydrogens is 234 g/mol. The monoisotopic (exact) mass is 245 g/mol. The molecule has 0 saturated heterocycles. The first-order valence-electron chi connectivity index (χ1n) is 5.03. The Morgan fingerprint density at radius 2 is 2.41 bits per heavy atom. The van der Waals surface area contributed by atoms with Crippen molar-refractivity contribution in [2.24, 2.45) is 0 Å². The van der Waals surface area contributed by atoms with Gasteiger partial charge in [-0.1, -0.05) is 6.07 Å². The molecule has 5 heteroatoms. The van der Waals surface area contributed by atoms with Crippen molar-refractivity contribution in [1.82, 2.24) is 4.98 Å². The highest BCUT2D eigenvalue weighted by Gasteiger charge is 2.12. The fourth-order valence-electron chi connectivity index (χ4n) is 1.41. The van der Waals surface area contributed by atoms with Gasteiger partial charge >= 0.3 is 0 Å². The fourth-order valence-corrected chi connectivity index (χ4v) is 2.04. The smallest absolute Gasteiger partial charge is 0.166 e. The average molecular weight is 245 g/mol. The predicted octanol–water partition coefficient (Wildman–Crippen LogP) is 2.83. The van der Waals surface area contributed by atoms with Gasteiger partial charge in [0, 0.05) is 23.3 Å². The molecule has 1 aromatic carbocycles. The summed E-state index contributed by atoms with van der Waals surface area (Å²) in [5.41, 5.74) is 0.839. The number of nitriles is 1. The molecule has 1 unspecified atom stereocenters. The molecule has 86 valence electrons. The summed E-state index contributed by atoms with van der Waals surface area (Å²) in [5, 5.41) is 14.8. The van der Waals surface area contributed by atoms with Crippen molar-refractivity contribution in [3.05, 3.63) is 40.8 Å². The zero-order chi connectivity index (χ0) is 12.1. The second-order valence-corrected chi connectivity index (χ2v) is 4.23. The highest BCUT2D eigenvalue weighted by Crippen LogP contribution is 2.23. The standard InChI is InChI=1S/C12H11N3OS/c1-16-10-4-2-3-9(7-10)15-11(8-13)12-14-5-6-17-12/h2-7,11,15H,1H3. The molecule has 2 rings (SSSR count). The van der Waals surface area contributed by atoms with Gasteiger partial charge in [0.15, 0.2) is 6.04 Å². The first-order valence-corrected chi connectivity index (χ1v) is 5.91. The molecule has 0 aliphatic carbocycles. The summed E-state index contributed by atoms with van der Waals surface area (Å²) in [4.78, 5) is 4.13. The Kier molecular flexibility index (Phi) is 3.58. The van der Waals surface area contributed by atoms with Crippen LogP contribution in [0.25, 0.3) is 0 Å². The topological polar surface area (TPSA) is 57.9 Å². The first kappa shape index (κ1) is 11.4. The molecule has 0 amide bonds. The Morgan fingerprint density at radius 3 is 3.06 bits per heavy atom. The van der Waals surface area contributed by atoms with E-state index in [1.807, 2.05) is 29.6 Å². The lowest BCUT2D eigenvalue weighted by Crippen LogP contribution is -2.07. The molecule has 1 aromatic heterocycles. The minimum absolute atomic E-state index is 0.429. The van der Waals surface area contributed by atoms with Crippen molar-refractivity contribution >= 4 is 17.0 Å². The lowest BCUT2D eigenvalue weighted by Gasteiger charge is -2.11. The third-order valence-corrected chi connectivity index (χ3v) is 3.05. The predicted molar refractivity (Wildman–Crippen MR) is 67.1 cm³/mol. The van der Waals surface area contributed by atoms with Crippen molar-refractivity contribution in [2.45, 2.75) is 6.04 Å².